The lowest BCUT2D eigenvalue weighted by Gasteiger charge is -2.26. The fourth-order valence-electron chi connectivity index (χ4n) is 3.89. The number of carbonyl (C=O) groups excluding carboxylic acids is 1. The minimum Gasteiger partial charge on any atom is -0.393 e. The van der Waals surface area contributed by atoms with Gasteiger partial charge in [0.2, 0.25) is 5.91 Å². The van der Waals surface area contributed by atoms with Gasteiger partial charge in [-0.1, -0.05) is 30.2 Å². The van der Waals surface area contributed by atoms with Crippen LogP contribution in [0.3, 0.4) is 0 Å². The highest BCUT2D eigenvalue weighted by molar-refractivity contribution is 7.99. The normalized spacial score (nSPS) is 20.9. The number of benzene rings is 1. The van der Waals surface area contributed by atoms with Crippen LogP contribution in [-0.2, 0) is 14.5 Å². The van der Waals surface area contributed by atoms with Gasteiger partial charge >= 0.3 is 0 Å². The van der Waals surface area contributed by atoms with Crippen LogP contribution in [0.2, 0.25) is 0 Å². The molecule has 1 amide bonds. The van der Waals surface area contributed by atoms with E-state index in [0.717, 1.165) is 47.0 Å². The Morgan fingerprint density at radius 1 is 1.29 bits per heavy atom. The van der Waals surface area contributed by atoms with Crippen LogP contribution in [0.4, 0.5) is 5.13 Å². The van der Waals surface area contributed by atoms with E-state index in [9.17, 15) is 14.1 Å². The molecule has 164 valence electrons. The second-order valence-corrected chi connectivity index (χ2v) is 11.1. The summed E-state index contributed by atoms with van der Waals surface area (Å²) in [6.07, 6.45) is 7.28. The van der Waals surface area contributed by atoms with Crippen molar-refractivity contribution in [3.63, 3.8) is 0 Å². The van der Waals surface area contributed by atoms with Gasteiger partial charge in [-0.2, -0.15) is 0 Å². The summed E-state index contributed by atoms with van der Waals surface area (Å²) in [7, 11) is -2.87. The number of nitrogens with zero attached hydrogens (tertiary/aromatic N) is 2. The maximum absolute atomic E-state index is 13.2. The first-order valence-electron chi connectivity index (χ1n) is 10.3. The Labute approximate surface area is 185 Å². The molecule has 31 heavy (non-hydrogen) atoms. The van der Waals surface area contributed by atoms with E-state index in [1.807, 2.05) is 18.2 Å². The summed E-state index contributed by atoms with van der Waals surface area (Å²) in [6.45, 7) is 1.45. The van der Waals surface area contributed by atoms with E-state index in [0.29, 0.717) is 16.4 Å². The topological polar surface area (TPSA) is 118 Å². The minimum absolute atomic E-state index is 0.112. The number of aromatic nitrogens is 2. The third kappa shape index (κ3) is 5.12. The number of aliphatic hydroxyl groups is 1. The maximum atomic E-state index is 13.2. The summed E-state index contributed by atoms with van der Waals surface area (Å²) in [5.74, 6) is -0.0494. The predicted molar refractivity (Wildman–Crippen MR) is 126 cm³/mol. The lowest BCUT2D eigenvalue weighted by Crippen LogP contribution is -2.26. The molecule has 1 aromatic carbocycles. The Morgan fingerprint density at radius 2 is 2.10 bits per heavy atom. The third-order valence-electron chi connectivity index (χ3n) is 5.60. The van der Waals surface area contributed by atoms with Gasteiger partial charge in [0.25, 0.3) is 0 Å². The number of thiazole rings is 1. The fraction of sp³-hybridized carbons (Fsp3) is 0.364. The molecule has 1 aliphatic carbocycles. The van der Waals surface area contributed by atoms with Crippen LogP contribution in [0.5, 0.6) is 0 Å². The van der Waals surface area contributed by atoms with Crippen LogP contribution in [-0.4, -0.2) is 36.7 Å². The summed E-state index contributed by atoms with van der Waals surface area (Å²) in [5.41, 5.74) is 2.50. The number of nitrogens with one attached hydrogen (secondary N) is 1. The average molecular weight is 459 g/mol. The molecular formula is C22H26N4O3S2. The van der Waals surface area contributed by atoms with Gasteiger partial charge in [0.1, 0.15) is 0 Å². The zero-order chi connectivity index (χ0) is 22.0. The predicted octanol–water partition coefficient (Wildman–Crippen LogP) is 3.58. The SMILES string of the molecule is CC(=O)Nc1nc2ccc(-c3cncc(S(N)(=O)=CCC4CCCCC4O)c3)cc2s1. The van der Waals surface area contributed by atoms with Gasteiger partial charge in [-0.05, 0) is 54.3 Å². The standard InChI is InChI=1S/C22H26N4O3S2/c1-14(27)25-22-26-19-7-6-16(11-21(19)30-22)17-10-18(13-24-12-17)31(23,29)9-8-15-4-2-3-5-20(15)28/h6-7,9-13,15,20,28H,2-5,8H2,1H3,(H2,23,29)(H,25,26,27). The summed E-state index contributed by atoms with van der Waals surface area (Å²) < 4.78 is 14.1. The van der Waals surface area contributed by atoms with Crippen molar-refractivity contribution in [2.75, 3.05) is 5.32 Å². The molecule has 0 radical (unpaired) electrons. The zero-order valence-corrected chi connectivity index (χ0v) is 18.9. The van der Waals surface area contributed by atoms with Crippen LogP contribution in [0, 0.1) is 5.92 Å². The number of hydrogen-bond acceptors (Lipinski definition) is 6. The first-order valence-corrected chi connectivity index (χ1v) is 12.8. The number of pyridine rings is 1. The van der Waals surface area contributed by atoms with Gasteiger partial charge < -0.3 is 10.4 Å². The minimum atomic E-state index is -2.87. The monoisotopic (exact) mass is 458 g/mol. The molecule has 9 heteroatoms. The molecule has 3 unspecified atom stereocenters. The fourth-order valence-corrected chi connectivity index (χ4v) is 6.10. The molecular weight excluding hydrogens is 432 g/mol. The highest BCUT2D eigenvalue weighted by atomic mass is 32.2. The second-order valence-electron chi connectivity index (χ2n) is 7.95. The van der Waals surface area contributed by atoms with E-state index in [-0.39, 0.29) is 17.9 Å². The Kier molecular flexibility index (Phi) is 6.38. The summed E-state index contributed by atoms with van der Waals surface area (Å²) in [6, 6.07) is 7.58. The molecule has 4 rings (SSSR count). The number of hydrogen-bond donors (Lipinski definition) is 3. The van der Waals surface area contributed by atoms with Gasteiger partial charge in [-0.3, -0.25) is 14.9 Å². The first kappa shape index (κ1) is 21.9. The first-order chi connectivity index (χ1) is 14.8. The number of carbonyl (C=O) groups is 1. The number of aliphatic hydroxyl groups excluding tert-OH is 1. The Balaban J connectivity index is 1.60. The van der Waals surface area contributed by atoms with E-state index in [4.69, 9.17) is 5.14 Å². The smallest absolute Gasteiger partial charge is 0.223 e. The quantitative estimate of drug-likeness (QED) is 0.505. The molecule has 1 aliphatic rings. The molecule has 7 nitrogen and oxygen atoms in total. The van der Waals surface area contributed by atoms with Crippen molar-refractivity contribution >= 4 is 47.7 Å². The van der Waals surface area contributed by atoms with Crippen LogP contribution in [0.15, 0.2) is 41.6 Å². The molecule has 0 aliphatic heterocycles. The van der Waals surface area contributed by atoms with Gasteiger partial charge in [-0.25, -0.2) is 9.19 Å². The van der Waals surface area contributed by atoms with Crippen LogP contribution in [0.1, 0.15) is 39.0 Å². The van der Waals surface area contributed by atoms with Crippen LogP contribution >= 0.6 is 11.3 Å². The maximum Gasteiger partial charge on any atom is 0.223 e. The molecule has 0 bridgehead atoms. The molecule has 2 aromatic heterocycles. The number of amides is 1. The molecule has 0 saturated heterocycles. The van der Waals surface area contributed by atoms with E-state index in [2.05, 4.69) is 15.3 Å². The summed E-state index contributed by atoms with van der Waals surface area (Å²) >= 11 is 1.39. The molecule has 3 aromatic rings. The highest BCUT2D eigenvalue weighted by Crippen LogP contribution is 2.31. The second kappa shape index (κ2) is 9.04. The van der Waals surface area contributed by atoms with Crippen molar-refractivity contribution in [2.24, 2.45) is 11.1 Å². The molecule has 1 fully saturated rings. The summed E-state index contributed by atoms with van der Waals surface area (Å²) in [4.78, 5) is 20.4. The molecule has 0 spiro atoms. The van der Waals surface area contributed by atoms with E-state index in [1.165, 1.54) is 18.3 Å². The number of anilines is 1. The number of rotatable bonds is 5. The lowest BCUT2D eigenvalue weighted by molar-refractivity contribution is -0.114. The van der Waals surface area contributed by atoms with Gasteiger partial charge in [0.05, 0.1) is 30.9 Å². The molecule has 3 atom stereocenters. The molecule has 1 saturated carbocycles. The van der Waals surface area contributed by atoms with Crippen molar-refractivity contribution < 1.29 is 14.1 Å². The highest BCUT2D eigenvalue weighted by Gasteiger charge is 2.22. The van der Waals surface area contributed by atoms with E-state index in [1.54, 1.807) is 23.8 Å². The van der Waals surface area contributed by atoms with Crippen molar-refractivity contribution in [3.05, 3.63) is 36.7 Å². The van der Waals surface area contributed by atoms with Crippen molar-refractivity contribution in [1.29, 1.82) is 0 Å². The van der Waals surface area contributed by atoms with Crippen molar-refractivity contribution in [1.82, 2.24) is 9.97 Å². The van der Waals surface area contributed by atoms with Crippen molar-refractivity contribution in [3.8, 4) is 11.1 Å². The Morgan fingerprint density at radius 3 is 2.87 bits per heavy atom. The van der Waals surface area contributed by atoms with E-state index >= 15 is 0 Å². The summed E-state index contributed by atoms with van der Waals surface area (Å²) in [5, 5.41) is 21.3. The van der Waals surface area contributed by atoms with Gasteiger partial charge in [-0.15, -0.1) is 0 Å². The Bertz CT molecular complexity index is 1230. The molecule has 2 heterocycles. The number of nitrogens with two attached hydrogens (primary N) is 1. The van der Waals surface area contributed by atoms with Crippen molar-refractivity contribution in [2.45, 2.75) is 50.0 Å². The lowest BCUT2D eigenvalue weighted by atomic mass is 9.85. The largest absolute Gasteiger partial charge is 0.393 e. The van der Waals surface area contributed by atoms with Crippen LogP contribution in [0.25, 0.3) is 21.3 Å². The van der Waals surface area contributed by atoms with Gasteiger partial charge in [0.15, 0.2) is 5.13 Å². The zero-order valence-electron chi connectivity index (χ0n) is 17.3. The van der Waals surface area contributed by atoms with E-state index < -0.39 is 9.71 Å². The molecule has 4 N–H and O–H groups in total. The third-order valence-corrected chi connectivity index (χ3v) is 8.18. The van der Waals surface area contributed by atoms with Gasteiger partial charge in [0, 0.05) is 24.9 Å². The average Bonchev–Trinajstić information content (AvgIpc) is 3.14. The van der Waals surface area contributed by atoms with Crippen LogP contribution < -0.4 is 10.5 Å². The number of fused-ring (bicyclic) bond motifs is 1. The Hall–Kier alpha value is -2.33.